The summed E-state index contributed by atoms with van der Waals surface area (Å²) in [5.74, 6) is 0.210. The number of ketones is 1. The van der Waals surface area contributed by atoms with Crippen molar-refractivity contribution in [3.63, 3.8) is 0 Å². The van der Waals surface area contributed by atoms with Gasteiger partial charge in [0, 0.05) is 27.8 Å². The number of ether oxygens (including phenoxy) is 1. The van der Waals surface area contributed by atoms with Gasteiger partial charge in [-0.2, -0.15) is 0 Å². The number of carbonyl (C=O) groups excluding carboxylic acids is 1. The van der Waals surface area contributed by atoms with Crippen LogP contribution in [0.25, 0.3) is 0 Å². The zero-order chi connectivity index (χ0) is 11.6. The highest BCUT2D eigenvalue weighted by Gasteiger charge is 2.35. The van der Waals surface area contributed by atoms with E-state index in [2.05, 4.69) is 15.9 Å². The maximum absolute atomic E-state index is 12.2. The summed E-state index contributed by atoms with van der Waals surface area (Å²) in [7, 11) is 0. The van der Waals surface area contributed by atoms with Gasteiger partial charge in [0.05, 0.1) is 0 Å². The van der Waals surface area contributed by atoms with Crippen LogP contribution in [0.1, 0.15) is 31.1 Å². The molecule has 1 unspecified atom stereocenters. The van der Waals surface area contributed by atoms with Crippen molar-refractivity contribution in [1.29, 1.82) is 0 Å². The zero-order valence-corrected chi connectivity index (χ0v) is 11.7. The first-order valence-corrected chi connectivity index (χ1v) is 7.18. The van der Waals surface area contributed by atoms with Crippen molar-refractivity contribution in [1.82, 2.24) is 0 Å². The molecule has 1 aliphatic heterocycles. The molecule has 0 saturated carbocycles. The molecule has 0 radical (unpaired) electrons. The van der Waals surface area contributed by atoms with Crippen LogP contribution in [0, 0.1) is 0 Å². The molecular formula is C12H15BrO2S. The minimum atomic E-state index is -0.547. The Balaban J connectivity index is 2.01. The summed E-state index contributed by atoms with van der Waals surface area (Å²) >= 11 is 5.02. The van der Waals surface area contributed by atoms with Crippen molar-refractivity contribution in [3.05, 3.63) is 20.8 Å². The van der Waals surface area contributed by atoms with Crippen LogP contribution in [-0.2, 0) is 16.0 Å². The summed E-state index contributed by atoms with van der Waals surface area (Å²) in [4.78, 5) is 13.3. The van der Waals surface area contributed by atoms with Crippen LogP contribution >= 0.6 is 27.3 Å². The van der Waals surface area contributed by atoms with Crippen LogP contribution in [-0.4, -0.2) is 18.0 Å². The highest BCUT2D eigenvalue weighted by atomic mass is 79.9. The van der Waals surface area contributed by atoms with E-state index in [1.807, 2.05) is 18.4 Å². The molecule has 0 aliphatic carbocycles. The predicted octanol–water partition coefficient (Wildman–Crippen LogP) is 3.58. The molecule has 2 nitrogen and oxygen atoms in total. The second-order valence-electron chi connectivity index (χ2n) is 4.37. The molecule has 4 heteroatoms. The van der Waals surface area contributed by atoms with Crippen molar-refractivity contribution in [2.24, 2.45) is 0 Å². The quantitative estimate of drug-likeness (QED) is 0.853. The monoisotopic (exact) mass is 302 g/mol. The average Bonchev–Trinajstić information content (AvgIpc) is 2.65. The van der Waals surface area contributed by atoms with Gasteiger partial charge in [-0.1, -0.05) is 0 Å². The second-order valence-corrected chi connectivity index (χ2v) is 6.28. The number of Topliss-reactive ketones (excluding diaryl/α,β-unsaturated/α-hetero) is 1. The summed E-state index contributed by atoms with van der Waals surface area (Å²) in [6.07, 6.45) is 3.52. The van der Waals surface area contributed by atoms with Crippen molar-refractivity contribution in [2.75, 3.05) is 6.61 Å². The molecular weight excluding hydrogens is 288 g/mol. The maximum Gasteiger partial charge on any atom is 0.169 e. The second kappa shape index (κ2) is 4.98. The highest BCUT2D eigenvalue weighted by Crippen LogP contribution is 2.28. The Morgan fingerprint density at radius 1 is 1.62 bits per heavy atom. The van der Waals surface area contributed by atoms with E-state index in [1.165, 1.54) is 0 Å². The van der Waals surface area contributed by atoms with Gasteiger partial charge < -0.3 is 4.74 Å². The number of rotatable bonds is 3. The van der Waals surface area contributed by atoms with Gasteiger partial charge in [0.25, 0.3) is 0 Å². The molecule has 1 atom stereocenters. The summed E-state index contributed by atoms with van der Waals surface area (Å²) in [5, 5.41) is 2.01. The van der Waals surface area contributed by atoms with Crippen LogP contribution in [0.4, 0.5) is 0 Å². The maximum atomic E-state index is 12.2. The number of thiophene rings is 1. The Kier molecular flexibility index (Phi) is 3.82. The minimum Gasteiger partial charge on any atom is -0.367 e. The lowest BCUT2D eigenvalue weighted by molar-refractivity contribution is -0.147. The van der Waals surface area contributed by atoms with E-state index in [0.29, 0.717) is 6.42 Å². The Morgan fingerprint density at radius 2 is 2.44 bits per heavy atom. The van der Waals surface area contributed by atoms with Crippen molar-refractivity contribution in [3.8, 4) is 0 Å². The van der Waals surface area contributed by atoms with Gasteiger partial charge in [0.1, 0.15) is 5.60 Å². The third-order valence-electron chi connectivity index (χ3n) is 3.02. The largest absolute Gasteiger partial charge is 0.367 e. The third kappa shape index (κ3) is 2.73. The first-order valence-electron chi connectivity index (χ1n) is 5.50. The zero-order valence-electron chi connectivity index (χ0n) is 9.29. The molecule has 0 spiro atoms. The van der Waals surface area contributed by atoms with E-state index >= 15 is 0 Å². The molecule has 2 rings (SSSR count). The fraction of sp³-hybridized carbons (Fsp3) is 0.583. The van der Waals surface area contributed by atoms with E-state index < -0.39 is 5.60 Å². The van der Waals surface area contributed by atoms with Gasteiger partial charge in [-0.15, -0.1) is 11.3 Å². The lowest BCUT2D eigenvalue weighted by atomic mass is 9.89. The van der Waals surface area contributed by atoms with Crippen LogP contribution in [0.15, 0.2) is 15.9 Å². The fourth-order valence-electron chi connectivity index (χ4n) is 1.95. The lowest BCUT2D eigenvalue weighted by Gasteiger charge is -2.32. The summed E-state index contributed by atoms with van der Waals surface area (Å²) in [6, 6.07) is 2.01. The normalized spacial score (nSPS) is 25.6. The standard InChI is InChI=1S/C12H15BrO2S/c1-12(4-2-3-5-15-12)11(14)7-10-6-9(13)8-16-10/h6,8H,2-5,7H2,1H3. The Hall–Kier alpha value is -0.190. The summed E-state index contributed by atoms with van der Waals surface area (Å²) < 4.78 is 6.70. The fourth-order valence-corrected chi connectivity index (χ4v) is 3.40. The molecule has 16 heavy (non-hydrogen) atoms. The van der Waals surface area contributed by atoms with Gasteiger partial charge in [0.15, 0.2) is 5.78 Å². The van der Waals surface area contributed by atoms with Crippen molar-refractivity contribution in [2.45, 2.75) is 38.2 Å². The molecule has 0 bridgehead atoms. The molecule has 88 valence electrons. The molecule has 2 heterocycles. The molecule has 0 amide bonds. The molecule has 1 saturated heterocycles. The smallest absolute Gasteiger partial charge is 0.169 e. The molecule has 1 fully saturated rings. The molecule has 1 aromatic heterocycles. The van der Waals surface area contributed by atoms with E-state index in [9.17, 15) is 4.79 Å². The van der Waals surface area contributed by atoms with Crippen LogP contribution in [0.5, 0.6) is 0 Å². The van der Waals surface area contributed by atoms with Crippen molar-refractivity contribution >= 4 is 33.0 Å². The highest BCUT2D eigenvalue weighted by molar-refractivity contribution is 9.10. The van der Waals surface area contributed by atoms with Crippen LogP contribution < -0.4 is 0 Å². The topological polar surface area (TPSA) is 26.3 Å². The SMILES string of the molecule is CC1(C(=O)Cc2cc(Br)cs2)CCCCO1. The number of hydrogen-bond donors (Lipinski definition) is 0. The van der Waals surface area contributed by atoms with Gasteiger partial charge in [-0.25, -0.2) is 0 Å². The van der Waals surface area contributed by atoms with Gasteiger partial charge in [-0.3, -0.25) is 4.79 Å². The molecule has 0 aromatic carbocycles. The minimum absolute atomic E-state index is 0.210. The molecule has 0 N–H and O–H groups in total. The molecule has 1 aromatic rings. The van der Waals surface area contributed by atoms with Crippen LogP contribution in [0.3, 0.4) is 0 Å². The Morgan fingerprint density at radius 3 is 3.00 bits per heavy atom. The Bertz CT molecular complexity index is 380. The number of hydrogen-bond acceptors (Lipinski definition) is 3. The predicted molar refractivity (Wildman–Crippen MR) is 68.9 cm³/mol. The third-order valence-corrected chi connectivity index (χ3v) is 4.71. The molecule has 1 aliphatic rings. The summed E-state index contributed by atoms with van der Waals surface area (Å²) in [5.41, 5.74) is -0.547. The van der Waals surface area contributed by atoms with E-state index in [0.717, 1.165) is 35.2 Å². The van der Waals surface area contributed by atoms with E-state index in [4.69, 9.17) is 4.74 Å². The first-order chi connectivity index (χ1) is 7.60. The van der Waals surface area contributed by atoms with Gasteiger partial charge >= 0.3 is 0 Å². The van der Waals surface area contributed by atoms with E-state index in [-0.39, 0.29) is 5.78 Å². The Labute approximate surface area is 108 Å². The lowest BCUT2D eigenvalue weighted by Crippen LogP contribution is -2.42. The van der Waals surface area contributed by atoms with Crippen molar-refractivity contribution < 1.29 is 9.53 Å². The number of carbonyl (C=O) groups is 1. The van der Waals surface area contributed by atoms with Gasteiger partial charge in [-0.05, 0) is 48.2 Å². The summed E-state index contributed by atoms with van der Waals surface area (Å²) in [6.45, 7) is 2.65. The first kappa shape index (κ1) is 12.3. The number of halogens is 1. The average molecular weight is 303 g/mol. The van der Waals surface area contributed by atoms with E-state index in [1.54, 1.807) is 11.3 Å². The van der Waals surface area contributed by atoms with Crippen LogP contribution in [0.2, 0.25) is 0 Å². The van der Waals surface area contributed by atoms with Gasteiger partial charge in [0.2, 0.25) is 0 Å².